The largest absolute Gasteiger partial charge is 0.347 e. The van der Waals surface area contributed by atoms with Gasteiger partial charge in [0.15, 0.2) is 5.13 Å². The molecule has 1 heterocycles. The van der Waals surface area contributed by atoms with Gasteiger partial charge in [0.05, 0.1) is 5.69 Å². The summed E-state index contributed by atoms with van der Waals surface area (Å²) in [6.07, 6.45) is 2.21. The first kappa shape index (κ1) is 12.0. The molecule has 0 aliphatic carbocycles. The number of halogens is 1. The summed E-state index contributed by atoms with van der Waals surface area (Å²) in [5, 5.41) is 4.34. The Hall–Kier alpha value is -0.0900. The van der Waals surface area contributed by atoms with Gasteiger partial charge in [-0.15, -0.1) is 11.3 Å². The lowest BCUT2D eigenvalue weighted by molar-refractivity contribution is 0.791. The molecule has 0 saturated carbocycles. The van der Waals surface area contributed by atoms with Crippen LogP contribution in [0.1, 0.15) is 26.0 Å². The lowest BCUT2D eigenvalue weighted by Crippen LogP contribution is -2.25. The van der Waals surface area contributed by atoms with Crippen LogP contribution < -0.4 is 4.90 Å². The van der Waals surface area contributed by atoms with Crippen molar-refractivity contribution in [3.8, 4) is 0 Å². The molecule has 0 radical (unpaired) electrons. The van der Waals surface area contributed by atoms with Crippen LogP contribution in [0, 0.1) is 0 Å². The molecule has 1 aromatic heterocycles. The minimum absolute atomic E-state index is 1.01. The van der Waals surface area contributed by atoms with Crippen LogP contribution in [0.4, 0.5) is 5.13 Å². The van der Waals surface area contributed by atoms with Crippen molar-refractivity contribution >= 4 is 32.4 Å². The maximum absolute atomic E-state index is 4.59. The van der Waals surface area contributed by atoms with Gasteiger partial charge in [0.1, 0.15) is 0 Å². The average molecular weight is 277 g/mol. The van der Waals surface area contributed by atoms with E-state index in [9.17, 15) is 0 Å². The first-order valence-corrected chi connectivity index (χ1v) is 7.07. The molecule has 0 bridgehead atoms. The Balaban J connectivity index is 2.65. The standard InChI is InChI=1S/C10H17BrN2S/c1-3-6-13(7-5-11)10-12-9(4-2)8-14-10/h8H,3-7H2,1-2H3. The summed E-state index contributed by atoms with van der Waals surface area (Å²) in [5.41, 5.74) is 1.21. The van der Waals surface area contributed by atoms with E-state index in [4.69, 9.17) is 0 Å². The molecule has 0 atom stereocenters. The molecule has 1 aromatic rings. The minimum Gasteiger partial charge on any atom is -0.347 e. The smallest absolute Gasteiger partial charge is 0.185 e. The molecule has 14 heavy (non-hydrogen) atoms. The van der Waals surface area contributed by atoms with Crippen LogP contribution in [0.3, 0.4) is 0 Å². The number of rotatable bonds is 6. The van der Waals surface area contributed by atoms with Gasteiger partial charge in [-0.2, -0.15) is 0 Å². The van der Waals surface area contributed by atoms with Gasteiger partial charge < -0.3 is 4.90 Å². The van der Waals surface area contributed by atoms with Crippen LogP contribution in [0.2, 0.25) is 0 Å². The predicted octanol–water partition coefficient (Wildman–Crippen LogP) is 3.32. The summed E-state index contributed by atoms with van der Waals surface area (Å²) in [4.78, 5) is 6.94. The number of anilines is 1. The summed E-state index contributed by atoms with van der Waals surface area (Å²) in [6, 6.07) is 0. The molecule has 0 saturated heterocycles. The van der Waals surface area contributed by atoms with Gasteiger partial charge in [0.25, 0.3) is 0 Å². The zero-order valence-corrected chi connectivity index (χ0v) is 11.2. The Bertz CT molecular complexity index is 256. The molecule has 80 valence electrons. The highest BCUT2D eigenvalue weighted by Gasteiger charge is 2.08. The number of aryl methyl sites for hydroxylation is 1. The number of hydrogen-bond donors (Lipinski definition) is 0. The number of hydrogen-bond acceptors (Lipinski definition) is 3. The minimum atomic E-state index is 1.01. The Morgan fingerprint density at radius 2 is 2.21 bits per heavy atom. The first-order chi connectivity index (χ1) is 6.81. The molecular formula is C10H17BrN2S. The molecule has 2 nitrogen and oxygen atoms in total. The number of alkyl halides is 1. The van der Waals surface area contributed by atoms with E-state index in [0.29, 0.717) is 0 Å². The number of nitrogens with zero attached hydrogens (tertiary/aromatic N) is 2. The van der Waals surface area contributed by atoms with Crippen LogP contribution in [-0.4, -0.2) is 23.4 Å². The second-order valence-electron chi connectivity index (χ2n) is 3.15. The van der Waals surface area contributed by atoms with Gasteiger partial charge in [-0.25, -0.2) is 4.98 Å². The summed E-state index contributed by atoms with van der Waals surface area (Å²) in [6.45, 7) is 6.50. The van der Waals surface area contributed by atoms with Crippen LogP contribution in [0.5, 0.6) is 0 Å². The zero-order chi connectivity index (χ0) is 10.4. The summed E-state index contributed by atoms with van der Waals surface area (Å²) < 4.78 is 0. The molecule has 4 heteroatoms. The maximum Gasteiger partial charge on any atom is 0.185 e. The van der Waals surface area contributed by atoms with Crippen molar-refractivity contribution in [2.45, 2.75) is 26.7 Å². The van der Waals surface area contributed by atoms with E-state index < -0.39 is 0 Å². The molecule has 0 fully saturated rings. The maximum atomic E-state index is 4.59. The van der Waals surface area contributed by atoms with Crippen molar-refractivity contribution in [3.63, 3.8) is 0 Å². The van der Waals surface area contributed by atoms with Crippen molar-refractivity contribution < 1.29 is 0 Å². The Morgan fingerprint density at radius 1 is 1.43 bits per heavy atom. The van der Waals surface area contributed by atoms with Gasteiger partial charge in [-0.3, -0.25) is 0 Å². The SMILES string of the molecule is CCCN(CCBr)c1nc(CC)cs1. The third kappa shape index (κ3) is 3.24. The van der Waals surface area contributed by atoms with Crippen LogP contribution in [0.25, 0.3) is 0 Å². The molecule has 0 aliphatic heterocycles. The van der Waals surface area contributed by atoms with Crippen molar-refractivity contribution in [2.75, 3.05) is 23.3 Å². The molecule has 0 unspecified atom stereocenters. The summed E-state index contributed by atoms with van der Waals surface area (Å²) in [5.74, 6) is 0. The van der Waals surface area contributed by atoms with E-state index in [2.05, 4.69) is 45.0 Å². The molecule has 0 spiro atoms. The van der Waals surface area contributed by atoms with E-state index in [1.807, 2.05) is 0 Å². The van der Waals surface area contributed by atoms with Gasteiger partial charge in [0.2, 0.25) is 0 Å². The summed E-state index contributed by atoms with van der Waals surface area (Å²) in [7, 11) is 0. The second kappa shape index (κ2) is 6.40. The molecule has 0 N–H and O–H groups in total. The Morgan fingerprint density at radius 3 is 2.71 bits per heavy atom. The molecular weight excluding hydrogens is 260 g/mol. The van der Waals surface area contributed by atoms with E-state index in [-0.39, 0.29) is 0 Å². The predicted molar refractivity (Wildman–Crippen MR) is 67.8 cm³/mol. The van der Waals surface area contributed by atoms with Crippen molar-refractivity contribution in [1.82, 2.24) is 4.98 Å². The fourth-order valence-corrected chi connectivity index (χ4v) is 2.67. The Labute approximate surface area is 98.5 Å². The lowest BCUT2D eigenvalue weighted by atomic mass is 10.4. The second-order valence-corrected chi connectivity index (χ2v) is 4.78. The van der Waals surface area contributed by atoms with Crippen molar-refractivity contribution in [1.29, 1.82) is 0 Å². The third-order valence-electron chi connectivity index (χ3n) is 2.02. The van der Waals surface area contributed by atoms with E-state index >= 15 is 0 Å². The monoisotopic (exact) mass is 276 g/mol. The normalized spacial score (nSPS) is 10.5. The number of aromatic nitrogens is 1. The lowest BCUT2D eigenvalue weighted by Gasteiger charge is -2.19. The highest BCUT2D eigenvalue weighted by molar-refractivity contribution is 9.09. The Kier molecular flexibility index (Phi) is 5.48. The highest BCUT2D eigenvalue weighted by atomic mass is 79.9. The van der Waals surface area contributed by atoms with E-state index in [1.54, 1.807) is 11.3 Å². The fourth-order valence-electron chi connectivity index (χ4n) is 1.28. The highest BCUT2D eigenvalue weighted by Crippen LogP contribution is 2.21. The molecule has 1 rings (SSSR count). The molecule has 0 amide bonds. The summed E-state index contributed by atoms with van der Waals surface area (Å²) >= 11 is 5.23. The van der Waals surface area contributed by atoms with Crippen LogP contribution in [0.15, 0.2) is 5.38 Å². The molecule has 0 aliphatic rings. The number of thiazole rings is 1. The van der Waals surface area contributed by atoms with Gasteiger partial charge in [-0.1, -0.05) is 29.8 Å². The van der Waals surface area contributed by atoms with Crippen LogP contribution in [-0.2, 0) is 6.42 Å². The van der Waals surface area contributed by atoms with Gasteiger partial charge in [0, 0.05) is 23.8 Å². The topological polar surface area (TPSA) is 16.1 Å². The first-order valence-electron chi connectivity index (χ1n) is 5.07. The fraction of sp³-hybridized carbons (Fsp3) is 0.700. The van der Waals surface area contributed by atoms with Crippen LogP contribution >= 0.6 is 27.3 Å². The van der Waals surface area contributed by atoms with Crippen molar-refractivity contribution in [3.05, 3.63) is 11.1 Å². The quantitative estimate of drug-likeness (QED) is 0.741. The zero-order valence-electron chi connectivity index (χ0n) is 8.79. The van der Waals surface area contributed by atoms with Gasteiger partial charge >= 0.3 is 0 Å². The third-order valence-corrected chi connectivity index (χ3v) is 3.33. The molecule has 0 aromatic carbocycles. The van der Waals surface area contributed by atoms with E-state index in [0.717, 1.165) is 24.8 Å². The van der Waals surface area contributed by atoms with Gasteiger partial charge in [-0.05, 0) is 12.8 Å². The average Bonchev–Trinajstić information content (AvgIpc) is 2.65. The van der Waals surface area contributed by atoms with E-state index in [1.165, 1.54) is 17.2 Å². The van der Waals surface area contributed by atoms with Crippen molar-refractivity contribution in [2.24, 2.45) is 0 Å².